The summed E-state index contributed by atoms with van der Waals surface area (Å²) in [5.41, 5.74) is -0.466. The van der Waals surface area contributed by atoms with Gasteiger partial charge in [0.2, 0.25) is 0 Å². The molecule has 0 aliphatic heterocycles. The fourth-order valence-corrected chi connectivity index (χ4v) is 2.46. The van der Waals surface area contributed by atoms with E-state index in [4.69, 9.17) is 0 Å². The van der Waals surface area contributed by atoms with Gasteiger partial charge in [-0.3, -0.25) is 0 Å². The maximum Gasteiger partial charge on any atom is 1.00 e. The third kappa shape index (κ3) is 4.30. The molecule has 0 saturated heterocycles. The molecule has 0 fully saturated rings. The van der Waals surface area contributed by atoms with Gasteiger partial charge in [-0.15, -0.1) is 0 Å². The van der Waals surface area contributed by atoms with Crippen molar-refractivity contribution in [1.29, 1.82) is 0 Å². The Morgan fingerprint density at radius 1 is 0.944 bits per heavy atom. The van der Waals surface area contributed by atoms with Crippen molar-refractivity contribution in [3.63, 3.8) is 0 Å². The van der Waals surface area contributed by atoms with Crippen molar-refractivity contribution >= 4 is 20.2 Å². The topological polar surface area (TPSA) is 135 Å². The maximum atomic E-state index is 10.7. The van der Waals surface area contributed by atoms with Crippen LogP contribution in [0, 0.1) is 6.92 Å². The molecule has 0 saturated carbocycles. The number of benzene rings is 1. The van der Waals surface area contributed by atoms with E-state index in [1.165, 1.54) is 0 Å². The number of rotatable bonds is 2. The Morgan fingerprint density at radius 2 is 1.28 bits per heavy atom. The average Bonchev–Trinajstić information content (AvgIpc) is 2.05. The Hall–Kier alpha value is 0.0348. The number of phenols is 1. The van der Waals surface area contributed by atoms with Crippen LogP contribution in [0.15, 0.2) is 21.9 Å². The van der Waals surface area contributed by atoms with E-state index in [9.17, 15) is 31.0 Å². The second-order valence-electron chi connectivity index (χ2n) is 2.94. The van der Waals surface area contributed by atoms with Gasteiger partial charge in [0.25, 0.3) is 0 Å². The summed E-state index contributed by atoms with van der Waals surface area (Å²) in [6.07, 6.45) is 0. The molecule has 90 valence electrons. The minimum Gasteiger partial charge on any atom is -0.744 e. The van der Waals surface area contributed by atoms with Crippen molar-refractivity contribution in [2.24, 2.45) is 0 Å². The standard InChI is InChI=1S/C7H8O7S2.2Li/c1-4-5(15(9,10)11)2-3-6(7(4)8)16(12,13)14;;/h2-3,8H,1H3,(H,9,10,11)(H,12,13,14);;/q;2*+1/p-2. The van der Waals surface area contributed by atoms with Crippen LogP contribution in [0.4, 0.5) is 0 Å². The fraction of sp³-hybridized carbons (Fsp3) is 0.143. The summed E-state index contributed by atoms with van der Waals surface area (Å²) < 4.78 is 63.9. The van der Waals surface area contributed by atoms with Crippen molar-refractivity contribution in [1.82, 2.24) is 0 Å². The number of hydrogen-bond acceptors (Lipinski definition) is 7. The average molecular weight is 280 g/mol. The van der Waals surface area contributed by atoms with Crippen LogP contribution >= 0.6 is 0 Å². The van der Waals surface area contributed by atoms with Gasteiger partial charge in [-0.2, -0.15) is 0 Å². The van der Waals surface area contributed by atoms with Gasteiger partial charge < -0.3 is 14.2 Å². The summed E-state index contributed by atoms with van der Waals surface area (Å²) in [5.74, 6) is -1.02. The molecule has 1 N–H and O–H groups in total. The molecule has 0 atom stereocenters. The predicted octanol–water partition coefficient (Wildman–Crippen LogP) is -6.48. The summed E-state index contributed by atoms with van der Waals surface area (Å²) in [4.78, 5) is -1.73. The van der Waals surface area contributed by atoms with E-state index in [-0.39, 0.29) is 37.7 Å². The van der Waals surface area contributed by atoms with Crippen LogP contribution in [-0.2, 0) is 20.2 Å². The first kappa shape index (κ1) is 20.4. The van der Waals surface area contributed by atoms with Gasteiger partial charge >= 0.3 is 37.7 Å². The molecule has 0 aliphatic carbocycles. The zero-order chi connectivity index (χ0) is 12.7. The quantitative estimate of drug-likeness (QED) is 0.420. The Morgan fingerprint density at radius 3 is 1.61 bits per heavy atom. The van der Waals surface area contributed by atoms with Crippen molar-refractivity contribution in [3.8, 4) is 5.75 Å². The molecule has 0 amide bonds. The Balaban J connectivity index is 0. The van der Waals surface area contributed by atoms with Crippen molar-refractivity contribution in [2.45, 2.75) is 16.7 Å². The van der Waals surface area contributed by atoms with Crippen LogP contribution < -0.4 is 37.7 Å². The maximum absolute atomic E-state index is 10.7. The molecule has 1 aromatic carbocycles. The molecule has 0 unspecified atom stereocenters. The monoisotopic (exact) mass is 280 g/mol. The van der Waals surface area contributed by atoms with E-state index in [0.29, 0.717) is 12.1 Å². The van der Waals surface area contributed by atoms with Crippen molar-refractivity contribution in [3.05, 3.63) is 17.7 Å². The summed E-state index contributed by atoms with van der Waals surface area (Å²) in [7, 11) is -9.74. The molecule has 0 aromatic heterocycles. The molecule has 1 rings (SSSR count). The third-order valence-corrected chi connectivity index (χ3v) is 3.73. The molecule has 0 bridgehead atoms. The van der Waals surface area contributed by atoms with Gasteiger partial charge in [0.15, 0.2) is 0 Å². The van der Waals surface area contributed by atoms with Crippen LogP contribution in [0.1, 0.15) is 5.56 Å². The van der Waals surface area contributed by atoms with E-state index in [1.807, 2.05) is 0 Å². The zero-order valence-corrected chi connectivity index (χ0v) is 11.5. The van der Waals surface area contributed by atoms with E-state index < -0.39 is 41.3 Å². The third-order valence-electron chi connectivity index (χ3n) is 1.88. The minimum absolute atomic E-state index is 0. The summed E-state index contributed by atoms with van der Waals surface area (Å²) in [6.45, 7) is 1.02. The largest absolute Gasteiger partial charge is 1.00 e. The molecule has 0 radical (unpaired) electrons. The van der Waals surface area contributed by atoms with Gasteiger partial charge in [-0.25, -0.2) is 16.8 Å². The summed E-state index contributed by atoms with van der Waals surface area (Å²) >= 11 is 0. The van der Waals surface area contributed by atoms with E-state index >= 15 is 0 Å². The van der Waals surface area contributed by atoms with Crippen molar-refractivity contribution < 1.29 is 68.8 Å². The first-order chi connectivity index (χ1) is 7.05. The molecular formula is C7H6Li2O7S2. The van der Waals surface area contributed by atoms with E-state index in [0.717, 1.165) is 6.92 Å². The Bertz CT molecular complexity index is 579. The van der Waals surface area contributed by atoms with Crippen LogP contribution in [-0.4, -0.2) is 31.0 Å². The first-order valence-electron chi connectivity index (χ1n) is 3.79. The molecule has 18 heavy (non-hydrogen) atoms. The molecule has 7 nitrogen and oxygen atoms in total. The Labute approximate surface area is 128 Å². The predicted molar refractivity (Wildman–Crippen MR) is 48.8 cm³/mol. The van der Waals surface area contributed by atoms with Crippen LogP contribution in [0.5, 0.6) is 5.75 Å². The van der Waals surface area contributed by atoms with Crippen LogP contribution in [0.2, 0.25) is 0 Å². The van der Waals surface area contributed by atoms with Gasteiger partial charge in [-0.1, -0.05) is 0 Å². The molecule has 0 aliphatic rings. The molecule has 1 aromatic rings. The smallest absolute Gasteiger partial charge is 0.744 e. The van der Waals surface area contributed by atoms with Crippen LogP contribution in [0.25, 0.3) is 0 Å². The van der Waals surface area contributed by atoms with E-state index in [1.54, 1.807) is 0 Å². The number of aromatic hydroxyl groups is 1. The molecule has 0 spiro atoms. The van der Waals surface area contributed by atoms with E-state index in [2.05, 4.69) is 0 Å². The molecule has 11 heteroatoms. The van der Waals surface area contributed by atoms with Crippen molar-refractivity contribution in [2.75, 3.05) is 0 Å². The van der Waals surface area contributed by atoms with Gasteiger partial charge in [0, 0.05) is 5.56 Å². The molecular weight excluding hydrogens is 274 g/mol. The SMILES string of the molecule is Cc1c(S(=O)(=O)[O-])ccc(S(=O)(=O)[O-])c1O.[Li+].[Li+]. The van der Waals surface area contributed by atoms with Gasteiger partial charge in [0.1, 0.15) is 26.0 Å². The second-order valence-corrected chi connectivity index (χ2v) is 5.64. The van der Waals surface area contributed by atoms with Gasteiger partial charge in [-0.05, 0) is 19.1 Å². The Kier molecular flexibility index (Phi) is 7.31. The number of hydrogen-bond donors (Lipinski definition) is 1. The second kappa shape index (κ2) is 6.46. The minimum atomic E-state index is -4.92. The summed E-state index contributed by atoms with van der Waals surface area (Å²) in [6, 6.07) is 1.25. The first-order valence-corrected chi connectivity index (χ1v) is 6.61. The normalized spacial score (nSPS) is 11.3. The van der Waals surface area contributed by atoms with Gasteiger partial charge in [0.05, 0.1) is 9.79 Å². The molecule has 0 heterocycles. The summed E-state index contributed by atoms with van der Waals surface area (Å²) in [5, 5.41) is 9.29. The zero-order valence-electron chi connectivity index (χ0n) is 9.87. The number of phenolic OH excluding ortho intramolecular Hbond substituents is 1. The van der Waals surface area contributed by atoms with Crippen LogP contribution in [0.3, 0.4) is 0 Å². The fourth-order valence-electron chi connectivity index (χ4n) is 1.13.